The molecule has 1 aliphatic rings. The van der Waals surface area contributed by atoms with Gasteiger partial charge >= 0.3 is 19.8 Å². The number of ether oxygens (including phenoxy) is 2. The highest BCUT2D eigenvalue weighted by Crippen LogP contribution is 2.47. The summed E-state index contributed by atoms with van der Waals surface area (Å²) < 4.78 is 33.5. The molecule has 1 saturated carbocycles. The van der Waals surface area contributed by atoms with Crippen LogP contribution in [-0.4, -0.2) is 98.3 Å². The van der Waals surface area contributed by atoms with Gasteiger partial charge in [-0.1, -0.05) is 138 Å². The fraction of sp³-hybridized carbons (Fsp3) is 0.714. The van der Waals surface area contributed by atoms with Crippen LogP contribution in [0.15, 0.2) is 72.9 Å². The Labute approximate surface area is 378 Å². The molecule has 6 unspecified atom stereocenters. The molecule has 0 aromatic rings. The first-order valence-corrected chi connectivity index (χ1v) is 25.2. The quantitative estimate of drug-likeness (QED) is 0.0148. The van der Waals surface area contributed by atoms with Crippen LogP contribution in [0.1, 0.15) is 168 Å². The number of phosphoric acid groups is 1. The first-order valence-electron chi connectivity index (χ1n) is 23.7. The topological polar surface area (TPSA) is 210 Å². The summed E-state index contributed by atoms with van der Waals surface area (Å²) in [6.45, 7) is 3.19. The van der Waals surface area contributed by atoms with Crippen LogP contribution in [0.5, 0.6) is 0 Å². The smallest absolute Gasteiger partial charge is 0.462 e. The second kappa shape index (κ2) is 38.5. The Balaban J connectivity index is 2.49. The third-order valence-corrected chi connectivity index (χ3v) is 11.5. The number of allylic oxidation sites excluding steroid dienone is 12. The number of carbonyl (C=O) groups excluding carboxylic acids is 2. The molecule has 0 heterocycles. The minimum atomic E-state index is -5.14. The number of aliphatic hydroxyl groups excluding tert-OH is 5. The van der Waals surface area contributed by atoms with E-state index in [1.54, 1.807) is 0 Å². The fourth-order valence-corrected chi connectivity index (χ4v) is 7.62. The molecule has 0 aromatic carbocycles. The fourth-order valence-electron chi connectivity index (χ4n) is 6.65. The summed E-state index contributed by atoms with van der Waals surface area (Å²) in [7, 11) is -5.14. The molecule has 0 saturated heterocycles. The zero-order chi connectivity index (χ0) is 46.4. The van der Waals surface area contributed by atoms with Crippen molar-refractivity contribution in [2.75, 3.05) is 13.2 Å². The Bertz CT molecular complexity index is 1380. The van der Waals surface area contributed by atoms with E-state index in [1.165, 1.54) is 38.5 Å². The molecule has 6 N–H and O–H groups in total. The second-order valence-electron chi connectivity index (χ2n) is 16.3. The lowest BCUT2D eigenvalue weighted by Gasteiger charge is -2.41. The van der Waals surface area contributed by atoms with Crippen LogP contribution in [0, 0.1) is 0 Å². The highest BCUT2D eigenvalue weighted by molar-refractivity contribution is 7.47. The summed E-state index contributed by atoms with van der Waals surface area (Å²) >= 11 is 0. The van der Waals surface area contributed by atoms with Crippen molar-refractivity contribution in [3.05, 3.63) is 72.9 Å². The van der Waals surface area contributed by atoms with Gasteiger partial charge in [-0.05, 0) is 89.9 Å². The van der Waals surface area contributed by atoms with Crippen LogP contribution >= 0.6 is 7.82 Å². The van der Waals surface area contributed by atoms with Gasteiger partial charge in [0.25, 0.3) is 0 Å². The monoisotopic (exact) mass is 911 g/mol. The van der Waals surface area contributed by atoms with Crippen molar-refractivity contribution in [1.82, 2.24) is 0 Å². The summed E-state index contributed by atoms with van der Waals surface area (Å²) in [6, 6.07) is 0. The minimum Gasteiger partial charge on any atom is -0.462 e. The van der Waals surface area contributed by atoms with Crippen molar-refractivity contribution in [3.8, 4) is 0 Å². The highest BCUT2D eigenvalue weighted by Gasteiger charge is 2.51. The summed E-state index contributed by atoms with van der Waals surface area (Å²) in [5.41, 5.74) is 0. The lowest BCUT2D eigenvalue weighted by atomic mass is 9.85. The van der Waals surface area contributed by atoms with Crippen LogP contribution in [0.3, 0.4) is 0 Å². The molecule has 0 radical (unpaired) electrons. The molecule has 1 rings (SSSR count). The number of phosphoric ester groups is 1. The zero-order valence-electron chi connectivity index (χ0n) is 38.3. The first kappa shape index (κ1) is 58.3. The summed E-state index contributed by atoms with van der Waals surface area (Å²) in [5.74, 6) is -1.16. The van der Waals surface area contributed by atoms with Gasteiger partial charge in [-0.25, -0.2) is 4.57 Å². The normalized spacial score (nSPS) is 22.3. The Kier molecular flexibility index (Phi) is 35.7. The van der Waals surface area contributed by atoms with Crippen LogP contribution in [0.2, 0.25) is 0 Å². The Morgan fingerprint density at radius 2 is 0.857 bits per heavy atom. The molecular weight excluding hydrogens is 828 g/mol. The lowest BCUT2D eigenvalue weighted by molar-refractivity contribution is -0.220. The maximum atomic E-state index is 12.8. The van der Waals surface area contributed by atoms with Gasteiger partial charge in [0.1, 0.15) is 43.2 Å². The van der Waals surface area contributed by atoms with Crippen LogP contribution < -0.4 is 0 Å². The molecule has 0 spiro atoms. The Morgan fingerprint density at radius 1 is 0.492 bits per heavy atom. The molecule has 0 aromatic heterocycles. The number of unbranched alkanes of at least 4 members (excludes halogenated alkanes) is 14. The van der Waals surface area contributed by atoms with Gasteiger partial charge < -0.3 is 39.9 Å². The Hall–Kier alpha value is -2.71. The standard InChI is InChI=1S/C49H83O13P/c1-3-5-7-9-11-13-15-17-19-20-21-22-24-26-28-30-32-34-36-38-43(51)61-41(40-60-63(57,58)62-49-47(55)45(53)44(52)46(54)48(49)56)39-59-42(50)37-35-33-31-29-27-25-23-18-16-14-12-10-8-6-4-2/h11-14,17-19,21-23,27,29,41,44-49,52-56H,3-10,15-16,20,24-26,28,30-40H2,1-2H3,(H,57,58)/t41-,44?,45-,46?,47?,48?,49?/m1/s1. The molecule has 1 aliphatic carbocycles. The van der Waals surface area contributed by atoms with Crippen molar-refractivity contribution in [3.63, 3.8) is 0 Å². The molecular formula is C49H83O13P. The van der Waals surface area contributed by atoms with E-state index in [9.17, 15) is 44.6 Å². The highest BCUT2D eigenvalue weighted by atomic mass is 31.2. The van der Waals surface area contributed by atoms with Crippen molar-refractivity contribution in [1.29, 1.82) is 0 Å². The average Bonchev–Trinajstić information content (AvgIpc) is 3.26. The molecule has 13 nitrogen and oxygen atoms in total. The third kappa shape index (κ3) is 31.0. The van der Waals surface area contributed by atoms with Crippen LogP contribution in [-0.2, 0) is 32.7 Å². The summed E-state index contributed by atoms with van der Waals surface area (Å²) in [5, 5.41) is 50.2. The van der Waals surface area contributed by atoms with E-state index in [2.05, 4.69) is 86.8 Å². The summed E-state index contributed by atoms with van der Waals surface area (Å²) in [6.07, 6.45) is 35.2. The predicted molar refractivity (Wildman–Crippen MR) is 249 cm³/mol. The van der Waals surface area contributed by atoms with Gasteiger partial charge in [-0.15, -0.1) is 0 Å². The predicted octanol–water partition coefficient (Wildman–Crippen LogP) is 9.50. The van der Waals surface area contributed by atoms with Crippen molar-refractivity contribution in [2.24, 2.45) is 0 Å². The van der Waals surface area contributed by atoms with Gasteiger partial charge in [0.2, 0.25) is 0 Å². The maximum Gasteiger partial charge on any atom is 0.472 e. The van der Waals surface area contributed by atoms with Gasteiger partial charge in [-0.2, -0.15) is 0 Å². The molecule has 63 heavy (non-hydrogen) atoms. The van der Waals surface area contributed by atoms with E-state index < -0.39 is 75.7 Å². The van der Waals surface area contributed by atoms with E-state index in [-0.39, 0.29) is 12.8 Å². The third-order valence-electron chi connectivity index (χ3n) is 10.5. The van der Waals surface area contributed by atoms with E-state index in [0.29, 0.717) is 12.8 Å². The summed E-state index contributed by atoms with van der Waals surface area (Å²) in [4.78, 5) is 35.7. The molecule has 1 fully saturated rings. The first-order chi connectivity index (χ1) is 30.4. The van der Waals surface area contributed by atoms with Crippen molar-refractivity contribution >= 4 is 19.8 Å². The molecule has 14 heteroatoms. The largest absolute Gasteiger partial charge is 0.472 e. The van der Waals surface area contributed by atoms with E-state index in [1.807, 2.05) is 0 Å². The molecule has 0 bridgehead atoms. The van der Waals surface area contributed by atoms with E-state index in [4.69, 9.17) is 18.5 Å². The Morgan fingerprint density at radius 3 is 1.33 bits per heavy atom. The molecule has 8 atom stereocenters. The van der Waals surface area contributed by atoms with Gasteiger partial charge in [0.15, 0.2) is 6.10 Å². The number of esters is 2. The lowest BCUT2D eigenvalue weighted by Crippen LogP contribution is -2.64. The second-order valence-corrected chi connectivity index (χ2v) is 17.7. The number of hydrogen-bond donors (Lipinski definition) is 6. The molecule has 362 valence electrons. The number of hydrogen-bond acceptors (Lipinski definition) is 12. The van der Waals surface area contributed by atoms with Gasteiger partial charge in [-0.3, -0.25) is 18.6 Å². The van der Waals surface area contributed by atoms with Crippen LogP contribution in [0.4, 0.5) is 0 Å². The minimum absolute atomic E-state index is 0.0701. The van der Waals surface area contributed by atoms with E-state index in [0.717, 1.165) is 89.9 Å². The van der Waals surface area contributed by atoms with Gasteiger partial charge in [0, 0.05) is 12.8 Å². The number of carbonyl (C=O) groups is 2. The van der Waals surface area contributed by atoms with Gasteiger partial charge in [0.05, 0.1) is 6.61 Å². The zero-order valence-corrected chi connectivity index (χ0v) is 39.2. The maximum absolute atomic E-state index is 12.8. The number of aliphatic hydroxyl groups is 5. The van der Waals surface area contributed by atoms with Crippen LogP contribution in [0.25, 0.3) is 0 Å². The molecule has 0 amide bonds. The van der Waals surface area contributed by atoms with Crippen molar-refractivity contribution < 1.29 is 63.1 Å². The molecule has 0 aliphatic heterocycles. The van der Waals surface area contributed by atoms with E-state index >= 15 is 0 Å². The average molecular weight is 911 g/mol. The number of rotatable bonds is 38. The SMILES string of the molecule is CCCCCC=CCC=CCC=CCCCCCCCCC(=O)O[C@H](COC(=O)CCCCC=CCC=CCC=CCCCCC)COP(=O)(O)OC1C(O)C(O)C(O)[C@@H](O)C1O. The van der Waals surface area contributed by atoms with Crippen molar-refractivity contribution in [2.45, 2.75) is 211 Å².